The number of ether oxygens (including phenoxy) is 1. The molecule has 0 bridgehead atoms. The third kappa shape index (κ3) is 5.09. The van der Waals surface area contributed by atoms with Crippen LogP contribution in [0.2, 0.25) is 0 Å². The molecule has 1 amide bonds. The van der Waals surface area contributed by atoms with Crippen LogP contribution in [-0.2, 0) is 9.53 Å². The fraction of sp³-hybridized carbons (Fsp3) is 0.947. The quantitative estimate of drug-likeness (QED) is 0.837. The van der Waals surface area contributed by atoms with Crippen LogP contribution in [0.15, 0.2) is 0 Å². The first-order valence-corrected chi connectivity index (χ1v) is 9.79. The van der Waals surface area contributed by atoms with E-state index in [1.54, 1.807) is 0 Å². The molecule has 24 heavy (non-hydrogen) atoms. The van der Waals surface area contributed by atoms with Crippen LogP contribution in [-0.4, -0.2) is 48.7 Å². The highest BCUT2D eigenvalue weighted by Gasteiger charge is 2.35. The lowest BCUT2D eigenvalue weighted by atomic mass is 9.85. The molecule has 3 atom stereocenters. The minimum Gasteiger partial charge on any atom is -0.376 e. The van der Waals surface area contributed by atoms with E-state index < -0.39 is 0 Å². The zero-order valence-corrected chi connectivity index (χ0v) is 16.2. The molecule has 0 aromatic rings. The number of nitrogens with zero attached hydrogens (tertiary/aromatic N) is 1. The molecule has 0 radical (unpaired) electrons. The summed E-state index contributed by atoms with van der Waals surface area (Å²) in [6.07, 6.45) is 9.43. The van der Waals surface area contributed by atoms with Gasteiger partial charge in [0.25, 0.3) is 0 Å². The second kappa shape index (κ2) is 9.40. The molecule has 4 nitrogen and oxygen atoms in total. The molecule has 1 saturated carbocycles. The number of hydrogen-bond donors (Lipinski definition) is 1. The Balaban J connectivity index is 0.00000208. The van der Waals surface area contributed by atoms with Crippen molar-refractivity contribution >= 4 is 18.3 Å². The highest BCUT2D eigenvalue weighted by atomic mass is 35.5. The fourth-order valence-corrected chi connectivity index (χ4v) is 4.57. The SMILES string of the molecule is CC1CCC(N(CC2CCCO2)C(=O)[C@H]2CCN[C@@H](C)C2)CC1.Cl. The smallest absolute Gasteiger partial charge is 0.226 e. The second-order valence-electron chi connectivity index (χ2n) is 8.12. The van der Waals surface area contributed by atoms with Crippen molar-refractivity contribution in [3.63, 3.8) is 0 Å². The van der Waals surface area contributed by atoms with Crippen LogP contribution in [0.3, 0.4) is 0 Å². The van der Waals surface area contributed by atoms with Crippen molar-refractivity contribution in [3.05, 3.63) is 0 Å². The van der Waals surface area contributed by atoms with Gasteiger partial charge in [-0.2, -0.15) is 0 Å². The molecule has 0 aromatic carbocycles. The fourth-order valence-electron chi connectivity index (χ4n) is 4.57. The van der Waals surface area contributed by atoms with Gasteiger partial charge >= 0.3 is 0 Å². The lowest BCUT2D eigenvalue weighted by Crippen LogP contribution is -2.51. The van der Waals surface area contributed by atoms with E-state index in [1.807, 2.05) is 0 Å². The predicted molar refractivity (Wildman–Crippen MR) is 99.5 cm³/mol. The maximum atomic E-state index is 13.3. The van der Waals surface area contributed by atoms with E-state index in [4.69, 9.17) is 4.74 Å². The Morgan fingerprint density at radius 2 is 1.88 bits per heavy atom. The van der Waals surface area contributed by atoms with Crippen molar-refractivity contribution in [1.29, 1.82) is 0 Å². The molecule has 5 heteroatoms. The molecule has 3 aliphatic rings. The molecular formula is C19H35ClN2O2. The van der Waals surface area contributed by atoms with Crippen LogP contribution in [0.1, 0.15) is 65.2 Å². The Hall–Kier alpha value is -0.320. The van der Waals surface area contributed by atoms with Gasteiger partial charge in [0.1, 0.15) is 0 Å². The van der Waals surface area contributed by atoms with Crippen LogP contribution < -0.4 is 5.32 Å². The summed E-state index contributed by atoms with van der Waals surface area (Å²) < 4.78 is 5.85. The van der Waals surface area contributed by atoms with Crippen molar-refractivity contribution < 1.29 is 9.53 Å². The molecule has 1 unspecified atom stereocenters. The number of piperidine rings is 1. The van der Waals surface area contributed by atoms with E-state index in [0.717, 1.165) is 51.3 Å². The predicted octanol–water partition coefficient (Wildman–Crippen LogP) is 3.38. The largest absolute Gasteiger partial charge is 0.376 e. The van der Waals surface area contributed by atoms with Gasteiger partial charge in [-0.1, -0.05) is 6.92 Å². The Morgan fingerprint density at radius 3 is 2.50 bits per heavy atom. The molecule has 1 N–H and O–H groups in total. The van der Waals surface area contributed by atoms with Gasteiger partial charge in [0.15, 0.2) is 0 Å². The van der Waals surface area contributed by atoms with Gasteiger partial charge < -0.3 is 15.0 Å². The zero-order valence-electron chi connectivity index (χ0n) is 15.3. The first kappa shape index (κ1) is 20.0. The van der Waals surface area contributed by atoms with E-state index in [-0.39, 0.29) is 24.4 Å². The summed E-state index contributed by atoms with van der Waals surface area (Å²) >= 11 is 0. The van der Waals surface area contributed by atoms with E-state index in [0.29, 0.717) is 18.0 Å². The summed E-state index contributed by atoms with van der Waals surface area (Å²) in [6, 6.07) is 0.918. The van der Waals surface area contributed by atoms with E-state index >= 15 is 0 Å². The number of halogens is 1. The van der Waals surface area contributed by atoms with Crippen LogP contribution in [0.25, 0.3) is 0 Å². The lowest BCUT2D eigenvalue weighted by Gasteiger charge is -2.40. The molecule has 140 valence electrons. The minimum atomic E-state index is 0. The summed E-state index contributed by atoms with van der Waals surface area (Å²) in [5.74, 6) is 1.45. The molecule has 2 saturated heterocycles. The summed E-state index contributed by atoms with van der Waals surface area (Å²) in [5, 5.41) is 3.47. The van der Waals surface area contributed by atoms with Crippen molar-refractivity contribution in [2.45, 2.75) is 83.4 Å². The Bertz CT molecular complexity index is 393. The average Bonchev–Trinajstić information content (AvgIpc) is 3.06. The average molecular weight is 359 g/mol. The number of nitrogens with one attached hydrogen (secondary N) is 1. The zero-order chi connectivity index (χ0) is 16.2. The maximum Gasteiger partial charge on any atom is 0.226 e. The Labute approximate surface area is 153 Å². The van der Waals surface area contributed by atoms with Crippen LogP contribution in [0.4, 0.5) is 0 Å². The van der Waals surface area contributed by atoms with Crippen molar-refractivity contribution in [2.75, 3.05) is 19.7 Å². The van der Waals surface area contributed by atoms with Gasteiger partial charge in [-0.05, 0) is 70.8 Å². The highest BCUT2D eigenvalue weighted by molar-refractivity contribution is 5.85. The van der Waals surface area contributed by atoms with Gasteiger partial charge in [0, 0.05) is 31.2 Å². The summed E-state index contributed by atoms with van der Waals surface area (Å²) in [5.41, 5.74) is 0. The number of carbonyl (C=O) groups is 1. The van der Waals surface area contributed by atoms with Crippen LogP contribution in [0, 0.1) is 11.8 Å². The molecule has 1 aliphatic carbocycles. The van der Waals surface area contributed by atoms with Crippen LogP contribution >= 0.6 is 12.4 Å². The van der Waals surface area contributed by atoms with Gasteiger partial charge in [-0.25, -0.2) is 0 Å². The van der Waals surface area contributed by atoms with E-state index in [2.05, 4.69) is 24.1 Å². The molecule has 3 rings (SSSR count). The van der Waals surface area contributed by atoms with Gasteiger partial charge in [0.05, 0.1) is 6.10 Å². The summed E-state index contributed by atoms with van der Waals surface area (Å²) in [4.78, 5) is 15.5. The molecule has 3 fully saturated rings. The molecule has 0 aromatic heterocycles. The minimum absolute atomic E-state index is 0. The van der Waals surface area contributed by atoms with Crippen molar-refractivity contribution in [2.24, 2.45) is 11.8 Å². The van der Waals surface area contributed by atoms with Gasteiger partial charge in [-0.3, -0.25) is 4.79 Å². The van der Waals surface area contributed by atoms with Crippen molar-refractivity contribution in [1.82, 2.24) is 10.2 Å². The second-order valence-corrected chi connectivity index (χ2v) is 8.12. The third-order valence-corrected chi connectivity index (χ3v) is 6.11. The summed E-state index contributed by atoms with van der Waals surface area (Å²) in [7, 11) is 0. The topological polar surface area (TPSA) is 41.6 Å². The molecule has 2 aliphatic heterocycles. The number of amides is 1. The van der Waals surface area contributed by atoms with Gasteiger partial charge in [0.2, 0.25) is 5.91 Å². The standard InChI is InChI=1S/C19H34N2O2.ClH/c1-14-5-7-17(8-6-14)21(13-18-4-3-11-23-18)19(22)16-9-10-20-15(2)12-16;/h14-18,20H,3-13H2,1-2H3;1H/t14?,15-,16-,17?,18?;/m0./s1. The molecule has 0 spiro atoms. The lowest BCUT2D eigenvalue weighted by molar-refractivity contribution is -0.142. The first-order valence-electron chi connectivity index (χ1n) is 9.79. The first-order chi connectivity index (χ1) is 11.1. The Kier molecular flexibility index (Phi) is 7.83. The van der Waals surface area contributed by atoms with E-state index in [1.165, 1.54) is 25.7 Å². The number of hydrogen-bond acceptors (Lipinski definition) is 3. The van der Waals surface area contributed by atoms with Crippen molar-refractivity contribution in [3.8, 4) is 0 Å². The summed E-state index contributed by atoms with van der Waals surface area (Å²) in [6.45, 7) is 7.23. The van der Waals surface area contributed by atoms with Gasteiger partial charge in [-0.15, -0.1) is 12.4 Å². The number of rotatable bonds is 4. The van der Waals surface area contributed by atoms with Crippen LogP contribution in [0.5, 0.6) is 0 Å². The highest BCUT2D eigenvalue weighted by Crippen LogP contribution is 2.30. The number of carbonyl (C=O) groups excluding carboxylic acids is 1. The Morgan fingerprint density at radius 1 is 1.12 bits per heavy atom. The normalized spacial score (nSPS) is 36.8. The molecular weight excluding hydrogens is 324 g/mol. The van der Waals surface area contributed by atoms with E-state index in [9.17, 15) is 4.79 Å². The monoisotopic (exact) mass is 358 g/mol. The molecule has 2 heterocycles. The third-order valence-electron chi connectivity index (χ3n) is 6.11. The maximum absolute atomic E-state index is 13.3.